The van der Waals surface area contributed by atoms with E-state index < -0.39 is 0 Å². The number of anilines is 1. The molecule has 1 aromatic heterocycles. The number of methoxy groups -OCH3 is 1. The minimum Gasteiger partial charge on any atom is -0.504 e. The zero-order valence-corrected chi connectivity index (χ0v) is 14.1. The Morgan fingerprint density at radius 2 is 1.80 bits per heavy atom. The molecular formula is C19H14ClN3O2. The van der Waals surface area contributed by atoms with Crippen LogP contribution < -0.4 is 10.5 Å². The zero-order valence-electron chi connectivity index (χ0n) is 13.3. The number of phenolic OH excluding ortho intramolecular Hbond substituents is 1. The maximum absolute atomic E-state index is 9.78. The molecule has 0 saturated carbocycles. The number of benzene rings is 2. The van der Waals surface area contributed by atoms with Crippen molar-refractivity contribution in [1.29, 1.82) is 5.26 Å². The van der Waals surface area contributed by atoms with Gasteiger partial charge in [-0.25, -0.2) is 4.98 Å². The second kappa shape index (κ2) is 6.71. The van der Waals surface area contributed by atoms with Crippen LogP contribution in [0.5, 0.6) is 11.5 Å². The average molecular weight is 352 g/mol. The minimum atomic E-state index is 0.0183. The van der Waals surface area contributed by atoms with Crippen molar-refractivity contribution in [3.63, 3.8) is 0 Å². The van der Waals surface area contributed by atoms with Crippen molar-refractivity contribution in [2.45, 2.75) is 0 Å². The van der Waals surface area contributed by atoms with Crippen molar-refractivity contribution in [3.8, 4) is 40.0 Å². The van der Waals surface area contributed by atoms with Crippen LogP contribution in [0.25, 0.3) is 22.4 Å². The molecule has 0 atom stereocenters. The van der Waals surface area contributed by atoms with E-state index >= 15 is 0 Å². The fourth-order valence-corrected chi connectivity index (χ4v) is 2.65. The normalized spacial score (nSPS) is 10.3. The van der Waals surface area contributed by atoms with Crippen LogP contribution in [-0.2, 0) is 0 Å². The monoisotopic (exact) mass is 351 g/mol. The van der Waals surface area contributed by atoms with Gasteiger partial charge in [0.05, 0.1) is 12.8 Å². The maximum Gasteiger partial charge on any atom is 0.161 e. The Bertz CT molecular complexity index is 979. The largest absolute Gasteiger partial charge is 0.504 e. The summed E-state index contributed by atoms with van der Waals surface area (Å²) in [6.07, 6.45) is 0. The van der Waals surface area contributed by atoms with E-state index in [4.69, 9.17) is 22.1 Å². The van der Waals surface area contributed by atoms with E-state index in [0.29, 0.717) is 27.6 Å². The van der Waals surface area contributed by atoms with Crippen molar-refractivity contribution >= 4 is 17.4 Å². The summed E-state index contributed by atoms with van der Waals surface area (Å²) >= 11 is 5.93. The lowest BCUT2D eigenvalue weighted by molar-refractivity contribution is 0.373. The molecule has 3 rings (SSSR count). The summed E-state index contributed by atoms with van der Waals surface area (Å²) in [5.74, 6) is 0.464. The molecule has 0 bridgehead atoms. The Balaban J connectivity index is 2.21. The highest BCUT2D eigenvalue weighted by Gasteiger charge is 2.15. The summed E-state index contributed by atoms with van der Waals surface area (Å²) in [7, 11) is 1.46. The molecule has 0 spiro atoms. The van der Waals surface area contributed by atoms with Crippen molar-refractivity contribution < 1.29 is 9.84 Å². The minimum absolute atomic E-state index is 0.0183. The number of phenols is 1. The Labute approximate surface area is 149 Å². The zero-order chi connectivity index (χ0) is 18.0. The van der Waals surface area contributed by atoms with E-state index in [9.17, 15) is 10.4 Å². The number of nitrogen functional groups attached to an aromatic ring is 1. The van der Waals surface area contributed by atoms with Gasteiger partial charge in [-0.1, -0.05) is 29.8 Å². The molecule has 0 aliphatic rings. The predicted octanol–water partition coefficient (Wildman–Crippen LogP) is 4.24. The van der Waals surface area contributed by atoms with E-state index in [0.717, 1.165) is 5.56 Å². The molecule has 0 saturated heterocycles. The predicted molar refractivity (Wildman–Crippen MR) is 97.5 cm³/mol. The van der Waals surface area contributed by atoms with Gasteiger partial charge in [0, 0.05) is 16.1 Å². The number of aromatic nitrogens is 1. The van der Waals surface area contributed by atoms with Crippen LogP contribution in [0, 0.1) is 11.3 Å². The molecule has 5 nitrogen and oxygen atoms in total. The third kappa shape index (κ3) is 3.21. The fraction of sp³-hybridized carbons (Fsp3) is 0.0526. The lowest BCUT2D eigenvalue weighted by Crippen LogP contribution is -2.00. The molecular weight excluding hydrogens is 338 g/mol. The Morgan fingerprint density at radius 1 is 1.12 bits per heavy atom. The smallest absolute Gasteiger partial charge is 0.161 e. The number of hydrogen-bond acceptors (Lipinski definition) is 5. The third-order valence-electron chi connectivity index (χ3n) is 3.79. The van der Waals surface area contributed by atoms with Crippen molar-refractivity contribution in [3.05, 3.63) is 59.1 Å². The first-order chi connectivity index (χ1) is 12.0. The Hall–Kier alpha value is -3.23. The molecule has 0 radical (unpaired) electrons. The molecule has 25 heavy (non-hydrogen) atoms. The summed E-state index contributed by atoms with van der Waals surface area (Å²) in [6.45, 7) is 0. The van der Waals surface area contributed by atoms with Gasteiger partial charge < -0.3 is 15.6 Å². The molecule has 0 aliphatic heterocycles. The van der Waals surface area contributed by atoms with E-state index in [2.05, 4.69) is 11.1 Å². The van der Waals surface area contributed by atoms with Crippen LogP contribution in [0.4, 0.5) is 5.82 Å². The number of halogens is 1. The van der Waals surface area contributed by atoms with Crippen LogP contribution in [-0.4, -0.2) is 17.2 Å². The summed E-state index contributed by atoms with van der Waals surface area (Å²) in [6, 6.07) is 15.9. The molecule has 3 N–H and O–H groups in total. The summed E-state index contributed by atoms with van der Waals surface area (Å²) < 4.78 is 5.14. The lowest BCUT2D eigenvalue weighted by atomic mass is 9.98. The Kier molecular flexibility index (Phi) is 4.46. The van der Waals surface area contributed by atoms with Gasteiger partial charge >= 0.3 is 0 Å². The molecule has 0 fully saturated rings. The van der Waals surface area contributed by atoms with Crippen LogP contribution >= 0.6 is 11.6 Å². The van der Waals surface area contributed by atoms with Crippen LogP contribution in [0.1, 0.15) is 5.56 Å². The first-order valence-corrected chi connectivity index (χ1v) is 7.75. The highest BCUT2D eigenvalue weighted by atomic mass is 35.5. The topological polar surface area (TPSA) is 92.2 Å². The highest BCUT2D eigenvalue weighted by Crippen LogP contribution is 2.36. The number of pyridine rings is 1. The first kappa shape index (κ1) is 16.6. The number of nitriles is 1. The van der Waals surface area contributed by atoms with E-state index in [1.807, 2.05) is 12.1 Å². The van der Waals surface area contributed by atoms with Crippen LogP contribution in [0.2, 0.25) is 5.02 Å². The van der Waals surface area contributed by atoms with Crippen LogP contribution in [0.3, 0.4) is 0 Å². The quantitative estimate of drug-likeness (QED) is 0.736. The second-order valence-corrected chi connectivity index (χ2v) is 5.76. The number of nitrogens with zero attached hydrogens (tertiary/aromatic N) is 2. The number of aromatic hydroxyl groups is 1. The van der Waals surface area contributed by atoms with Gasteiger partial charge in [0.2, 0.25) is 0 Å². The number of hydrogen-bond donors (Lipinski definition) is 2. The lowest BCUT2D eigenvalue weighted by Gasteiger charge is -2.12. The van der Waals surface area contributed by atoms with Gasteiger partial charge in [-0.3, -0.25) is 0 Å². The average Bonchev–Trinajstić information content (AvgIpc) is 2.62. The van der Waals surface area contributed by atoms with Crippen molar-refractivity contribution in [2.24, 2.45) is 0 Å². The summed E-state index contributed by atoms with van der Waals surface area (Å²) in [5.41, 5.74) is 9.01. The molecule has 1 heterocycles. The van der Waals surface area contributed by atoms with Crippen molar-refractivity contribution in [2.75, 3.05) is 12.8 Å². The molecule has 3 aromatic rings. The maximum atomic E-state index is 9.78. The molecule has 0 unspecified atom stereocenters. The van der Waals surface area contributed by atoms with E-state index in [1.54, 1.807) is 30.3 Å². The number of ether oxygens (including phenoxy) is 1. The summed E-state index contributed by atoms with van der Waals surface area (Å²) in [5, 5.41) is 19.9. The van der Waals surface area contributed by atoms with Gasteiger partial charge in [-0.05, 0) is 35.9 Å². The number of rotatable bonds is 3. The molecule has 0 amide bonds. The van der Waals surface area contributed by atoms with E-state index in [1.165, 1.54) is 13.2 Å². The van der Waals surface area contributed by atoms with Crippen LogP contribution in [0.15, 0.2) is 48.5 Å². The first-order valence-electron chi connectivity index (χ1n) is 7.37. The molecule has 6 heteroatoms. The van der Waals surface area contributed by atoms with Crippen molar-refractivity contribution in [1.82, 2.24) is 4.98 Å². The standard InChI is InChI=1S/C19H14ClN3O2/c1-25-18-8-12(4-7-17(18)24)14-9-16(23-19(22)15(14)10-21)11-2-5-13(20)6-3-11/h2-9,24H,1H3,(H2,22,23). The molecule has 0 aliphatic carbocycles. The third-order valence-corrected chi connectivity index (χ3v) is 4.04. The van der Waals surface area contributed by atoms with E-state index in [-0.39, 0.29) is 17.1 Å². The number of nitrogens with two attached hydrogens (primary N) is 1. The fourth-order valence-electron chi connectivity index (χ4n) is 2.52. The molecule has 2 aromatic carbocycles. The van der Waals surface area contributed by atoms with Gasteiger partial charge in [0.1, 0.15) is 17.5 Å². The second-order valence-electron chi connectivity index (χ2n) is 5.32. The Morgan fingerprint density at radius 3 is 2.44 bits per heavy atom. The molecule has 124 valence electrons. The SMILES string of the molecule is COc1cc(-c2cc(-c3ccc(Cl)cc3)nc(N)c2C#N)ccc1O. The van der Waals surface area contributed by atoms with Gasteiger partial charge in [-0.15, -0.1) is 0 Å². The highest BCUT2D eigenvalue weighted by molar-refractivity contribution is 6.30. The van der Waals surface area contributed by atoms with Gasteiger partial charge in [-0.2, -0.15) is 5.26 Å². The van der Waals surface area contributed by atoms with Gasteiger partial charge in [0.15, 0.2) is 11.5 Å². The van der Waals surface area contributed by atoms with Gasteiger partial charge in [0.25, 0.3) is 0 Å². The summed E-state index contributed by atoms with van der Waals surface area (Å²) in [4.78, 5) is 4.32.